The first-order valence-electron chi connectivity index (χ1n) is 25.0. The molecule has 9 atom stereocenters. The van der Waals surface area contributed by atoms with Crippen molar-refractivity contribution in [3.8, 4) is 0 Å². The van der Waals surface area contributed by atoms with Crippen molar-refractivity contribution in [2.45, 2.75) is 158 Å². The molecule has 31 heteroatoms. The highest BCUT2D eigenvalue weighted by Gasteiger charge is 2.35. The van der Waals surface area contributed by atoms with Gasteiger partial charge in [-0.1, -0.05) is 31.3 Å². The Balaban J connectivity index is 0.718. The van der Waals surface area contributed by atoms with Crippen LogP contribution >= 0.6 is 0 Å². The van der Waals surface area contributed by atoms with Crippen LogP contribution in [0.2, 0.25) is 0 Å². The van der Waals surface area contributed by atoms with Crippen molar-refractivity contribution in [3.05, 3.63) is 71.3 Å². The molecular weight excluding hydrogens is 969 g/mol. The van der Waals surface area contributed by atoms with Crippen LogP contribution in [0, 0.1) is 0 Å². The third kappa shape index (κ3) is 14.8. The molecule has 0 amide bonds. The number of hydrogen-bond donors (Lipinski definition) is 10. The molecule has 0 radical (unpaired) electrons. The number of nitrogens with zero attached hydrogens (tertiary/aromatic N) is 18. The van der Waals surface area contributed by atoms with Crippen LogP contribution < -0.4 is 21.7 Å². The summed E-state index contributed by atoms with van der Waals surface area (Å²) in [5.41, 5.74) is 10.1. The van der Waals surface area contributed by atoms with Gasteiger partial charge in [-0.15, -0.1) is 30.6 Å². The number of rotatable bonds is 30. The number of nitrogens with two attached hydrogens (primary N) is 1. The van der Waals surface area contributed by atoms with Gasteiger partial charge in [-0.3, -0.25) is 28.1 Å². The van der Waals surface area contributed by atoms with Crippen molar-refractivity contribution in [1.82, 2.24) is 106 Å². The van der Waals surface area contributed by atoms with Crippen molar-refractivity contribution in [2.24, 2.45) is 5.73 Å². The lowest BCUT2D eigenvalue weighted by Gasteiger charge is -2.28. The molecule has 3 saturated heterocycles. The second-order valence-electron chi connectivity index (χ2n) is 19.6. The molecule has 9 rings (SSSR count). The van der Waals surface area contributed by atoms with Gasteiger partial charge >= 0.3 is 0 Å². The summed E-state index contributed by atoms with van der Waals surface area (Å²) in [7, 11) is 0. The third-order valence-corrected chi connectivity index (χ3v) is 13.2. The van der Waals surface area contributed by atoms with E-state index in [9.17, 15) is 30.6 Å². The maximum Gasteiger partial charge on any atom is 0.108 e. The van der Waals surface area contributed by atoms with Gasteiger partial charge in [0, 0.05) is 57.9 Å². The molecule has 3 fully saturated rings. The van der Waals surface area contributed by atoms with E-state index in [-0.39, 0.29) is 57.8 Å². The number of β-amino-alcohol motifs (C(OH)–C–C–N with tert-alkyl or cyclic N) is 3. The molecule has 404 valence electrons. The Labute approximate surface area is 424 Å². The smallest absolute Gasteiger partial charge is 0.108 e. The molecule has 0 aliphatic carbocycles. The average Bonchev–Trinajstić information content (AvgIpc) is 4.26. The third-order valence-electron chi connectivity index (χ3n) is 13.2. The molecule has 3 aliphatic rings. The largest absolute Gasteiger partial charge is 0.389 e. The van der Waals surface area contributed by atoms with Gasteiger partial charge in [0.2, 0.25) is 0 Å². The lowest BCUT2D eigenvalue weighted by Crippen LogP contribution is -2.52. The molecule has 0 saturated carbocycles. The van der Waals surface area contributed by atoms with Gasteiger partial charge in [0.15, 0.2) is 0 Å². The maximum atomic E-state index is 10.1. The van der Waals surface area contributed by atoms with Crippen LogP contribution in [0.4, 0.5) is 0 Å². The molecule has 0 unspecified atom stereocenters. The summed E-state index contributed by atoms with van der Waals surface area (Å²) in [5, 5.41) is 120. The van der Waals surface area contributed by atoms with Crippen molar-refractivity contribution < 1.29 is 44.8 Å². The number of hydrogen-bond acceptors (Lipinski definition) is 25. The lowest BCUT2D eigenvalue weighted by atomic mass is 10.1. The van der Waals surface area contributed by atoms with Crippen molar-refractivity contribution >= 4 is 0 Å². The fourth-order valence-electron chi connectivity index (χ4n) is 9.10. The molecular formula is C43H68N22O9. The first-order valence-corrected chi connectivity index (χ1v) is 25.0. The molecule has 0 bridgehead atoms. The minimum absolute atomic E-state index is 0.0654. The Bertz CT molecular complexity index is 2340. The van der Waals surface area contributed by atoms with E-state index in [1.165, 1.54) is 0 Å². The molecule has 0 aromatic carbocycles. The van der Waals surface area contributed by atoms with Crippen LogP contribution in [0.25, 0.3) is 0 Å². The quantitative estimate of drug-likeness (QED) is 0.0201. The summed E-state index contributed by atoms with van der Waals surface area (Å²) < 4.78 is 28.6. The van der Waals surface area contributed by atoms with Gasteiger partial charge in [0.05, 0.1) is 155 Å². The summed E-state index contributed by atoms with van der Waals surface area (Å²) in [6.45, 7) is 4.64. The summed E-state index contributed by atoms with van der Waals surface area (Å²) in [6.07, 6.45) is 10.2. The molecule has 74 heavy (non-hydrogen) atoms. The Morgan fingerprint density at radius 2 is 0.703 bits per heavy atom. The predicted octanol–water partition coefficient (Wildman–Crippen LogP) is -6.14. The second-order valence-corrected chi connectivity index (χ2v) is 19.6. The highest BCUT2D eigenvalue weighted by molar-refractivity contribution is 5.00. The van der Waals surface area contributed by atoms with E-state index in [0.29, 0.717) is 95.2 Å². The molecule has 3 aliphatic heterocycles. The Hall–Kier alpha value is -5.68. The topological polar surface area (TPSA) is 395 Å². The summed E-state index contributed by atoms with van der Waals surface area (Å²) in [5.74, 6) is 0. The van der Waals surface area contributed by atoms with E-state index in [4.69, 9.17) is 19.9 Å². The van der Waals surface area contributed by atoms with Crippen molar-refractivity contribution in [2.75, 3.05) is 39.5 Å². The minimum Gasteiger partial charge on any atom is -0.389 e. The molecule has 31 nitrogen and oxygen atoms in total. The number of aliphatic hydroxyl groups excluding tert-OH is 6. The van der Waals surface area contributed by atoms with E-state index < -0.39 is 42.2 Å². The summed E-state index contributed by atoms with van der Waals surface area (Å²) >= 11 is 0. The van der Waals surface area contributed by atoms with E-state index in [1.807, 2.05) is 37.2 Å². The summed E-state index contributed by atoms with van der Waals surface area (Å²) in [4.78, 5) is 0. The first-order chi connectivity index (χ1) is 35.9. The number of nitrogens with one attached hydrogen (secondary N) is 3. The zero-order chi connectivity index (χ0) is 51.4. The van der Waals surface area contributed by atoms with Gasteiger partial charge in [-0.25, -0.2) is 0 Å². The highest BCUT2D eigenvalue weighted by Crippen LogP contribution is 2.15. The van der Waals surface area contributed by atoms with Crippen LogP contribution in [0.3, 0.4) is 0 Å². The zero-order valence-electron chi connectivity index (χ0n) is 41.0. The van der Waals surface area contributed by atoms with Crippen molar-refractivity contribution in [1.29, 1.82) is 0 Å². The fourth-order valence-corrected chi connectivity index (χ4v) is 9.10. The Morgan fingerprint density at radius 1 is 0.432 bits per heavy atom. The number of aryl methyl sites for hydroxylation is 6. The van der Waals surface area contributed by atoms with Crippen LogP contribution in [0.5, 0.6) is 0 Å². The molecule has 11 N–H and O–H groups in total. The molecule has 9 heterocycles. The van der Waals surface area contributed by atoms with Crippen LogP contribution in [0.15, 0.2) is 37.2 Å². The van der Waals surface area contributed by atoms with E-state index in [2.05, 4.69) is 77.8 Å². The van der Waals surface area contributed by atoms with E-state index in [0.717, 1.165) is 36.3 Å². The van der Waals surface area contributed by atoms with Gasteiger partial charge in [0.25, 0.3) is 0 Å². The minimum atomic E-state index is -1.09. The highest BCUT2D eigenvalue weighted by atomic mass is 16.5. The van der Waals surface area contributed by atoms with Gasteiger partial charge in [-0.2, -0.15) is 0 Å². The van der Waals surface area contributed by atoms with Gasteiger partial charge < -0.3 is 66.5 Å². The van der Waals surface area contributed by atoms with Crippen LogP contribution in [-0.2, 0) is 92.6 Å². The van der Waals surface area contributed by atoms with E-state index in [1.54, 1.807) is 28.1 Å². The fraction of sp³-hybridized carbons (Fsp3) is 0.721. The lowest BCUT2D eigenvalue weighted by molar-refractivity contribution is -0.0356. The SMILES string of the molecule is NC(COCc1cn(CCCc2cn(C[C@H]3NC[C@@H](O)[C@H]3O)nn2)nn1)(COCc1cn(CCCc2cn(C[C@H]3NC[C@@H](O)[C@H]3O)nn2)nn1)COCc1cn(CCCc2cn(C[C@H]3NC[C@@H](O)[C@H]3O)nn2)nn1. The number of ether oxygens (including phenoxy) is 3. The monoisotopic (exact) mass is 1040 g/mol. The second kappa shape index (κ2) is 25.2. The Morgan fingerprint density at radius 3 is 0.986 bits per heavy atom. The van der Waals surface area contributed by atoms with E-state index >= 15 is 0 Å². The molecule has 6 aromatic heterocycles. The first kappa shape index (κ1) is 53.2. The Kier molecular flexibility index (Phi) is 18.1. The van der Waals surface area contributed by atoms with Crippen LogP contribution in [0.1, 0.15) is 53.4 Å². The zero-order valence-corrected chi connectivity index (χ0v) is 41.0. The van der Waals surface area contributed by atoms with Gasteiger partial charge in [-0.05, 0) is 38.5 Å². The van der Waals surface area contributed by atoms with Gasteiger partial charge in [0.1, 0.15) is 17.1 Å². The molecule has 6 aromatic rings. The number of aromatic nitrogens is 18. The molecule has 0 spiro atoms. The number of aliphatic hydroxyl groups is 6. The standard InChI is InChI=1S/C43H68N22O9/c44-43(25-72-22-31-16-60(54-51-31)7-1-4-28-13-63(57-48-28)19-34-40(69)37(66)10-45-34,26-73-23-32-17-61(55-52-32)8-2-5-29-14-64(58-49-29)20-35-41(70)38(67)11-46-35)27-74-24-33-18-62(56-53-33)9-3-6-30-15-65(59-50-30)21-36-42(71)39(68)12-47-36/h13-18,34-42,45-47,66-71H,1-12,19-27,44H2/t34-,35-,36-,37-,38-,39-,40+,41+,42+/m1/s1. The van der Waals surface area contributed by atoms with Crippen molar-refractivity contribution in [3.63, 3.8) is 0 Å². The summed E-state index contributed by atoms with van der Waals surface area (Å²) in [6, 6.07) is -0.876. The normalized spacial score (nSPS) is 24.3. The predicted molar refractivity (Wildman–Crippen MR) is 252 cm³/mol. The maximum absolute atomic E-state index is 10.1. The van der Waals surface area contributed by atoms with Crippen LogP contribution in [-0.4, -0.2) is 220 Å². The average molecular weight is 1040 g/mol.